The van der Waals surface area contributed by atoms with Gasteiger partial charge in [-0.15, -0.1) is 11.8 Å². The first-order valence-corrected chi connectivity index (χ1v) is 12.3. The average molecular weight is 475 g/mol. The van der Waals surface area contributed by atoms with E-state index >= 15 is 0 Å². The Kier molecular flexibility index (Phi) is 6.98. The molecule has 34 heavy (non-hydrogen) atoms. The van der Waals surface area contributed by atoms with E-state index in [0.717, 1.165) is 11.1 Å². The molecule has 0 spiro atoms. The Morgan fingerprint density at radius 1 is 0.941 bits per heavy atom. The van der Waals surface area contributed by atoms with Crippen molar-refractivity contribution in [3.63, 3.8) is 0 Å². The SMILES string of the molecule is COc1ccc(N(C(=O)N(C)Cc2ccccc2)C(=O)[C@]2(c3ccccc3)S[C@H]2C(C)C)cc1. The molecule has 0 bridgehead atoms. The fourth-order valence-corrected chi connectivity index (χ4v) is 5.87. The number of nitrogens with zero attached hydrogens (tertiary/aromatic N) is 2. The molecule has 1 fully saturated rings. The normalized spacial score (nSPS) is 18.9. The van der Waals surface area contributed by atoms with E-state index in [1.165, 1.54) is 4.90 Å². The van der Waals surface area contributed by atoms with Gasteiger partial charge in [0.1, 0.15) is 10.5 Å². The fraction of sp³-hybridized carbons (Fsp3) is 0.286. The van der Waals surface area contributed by atoms with Gasteiger partial charge in [0.25, 0.3) is 5.91 Å². The van der Waals surface area contributed by atoms with Crippen LogP contribution in [0.4, 0.5) is 10.5 Å². The lowest BCUT2D eigenvalue weighted by Crippen LogP contribution is -2.49. The predicted molar refractivity (Wildman–Crippen MR) is 138 cm³/mol. The van der Waals surface area contributed by atoms with Crippen LogP contribution in [0.15, 0.2) is 84.9 Å². The van der Waals surface area contributed by atoms with E-state index in [2.05, 4.69) is 13.8 Å². The lowest BCUT2D eigenvalue weighted by atomic mass is 9.89. The minimum absolute atomic E-state index is 0.0929. The summed E-state index contributed by atoms with van der Waals surface area (Å²) in [5.74, 6) is 0.737. The molecule has 3 amide bonds. The maximum atomic E-state index is 14.3. The Morgan fingerprint density at radius 3 is 2.06 bits per heavy atom. The van der Waals surface area contributed by atoms with E-state index in [0.29, 0.717) is 18.0 Å². The molecule has 0 unspecified atom stereocenters. The number of imide groups is 1. The van der Waals surface area contributed by atoms with Crippen molar-refractivity contribution in [2.24, 2.45) is 5.92 Å². The number of benzene rings is 3. The van der Waals surface area contributed by atoms with Crippen LogP contribution in [0.3, 0.4) is 0 Å². The Labute approximate surface area is 205 Å². The van der Waals surface area contributed by atoms with Gasteiger partial charge >= 0.3 is 6.03 Å². The lowest BCUT2D eigenvalue weighted by molar-refractivity contribution is -0.119. The van der Waals surface area contributed by atoms with E-state index in [-0.39, 0.29) is 23.1 Å². The van der Waals surface area contributed by atoms with Crippen LogP contribution in [0.1, 0.15) is 25.0 Å². The smallest absolute Gasteiger partial charge is 0.331 e. The van der Waals surface area contributed by atoms with E-state index < -0.39 is 4.75 Å². The van der Waals surface area contributed by atoms with Gasteiger partial charge in [0.15, 0.2) is 0 Å². The molecule has 0 saturated carbocycles. The molecule has 1 saturated heterocycles. The molecule has 4 rings (SSSR count). The molecule has 0 N–H and O–H groups in total. The number of ether oxygens (including phenoxy) is 1. The second kappa shape index (κ2) is 9.94. The minimum atomic E-state index is -0.793. The van der Waals surface area contributed by atoms with Crippen molar-refractivity contribution in [2.75, 3.05) is 19.1 Å². The molecule has 1 heterocycles. The quantitative estimate of drug-likeness (QED) is 0.397. The van der Waals surface area contributed by atoms with Crippen molar-refractivity contribution in [1.29, 1.82) is 0 Å². The van der Waals surface area contributed by atoms with Gasteiger partial charge < -0.3 is 9.64 Å². The molecule has 6 heteroatoms. The van der Waals surface area contributed by atoms with Gasteiger partial charge in [-0.05, 0) is 41.3 Å². The van der Waals surface area contributed by atoms with E-state index in [9.17, 15) is 9.59 Å². The summed E-state index contributed by atoms with van der Waals surface area (Å²) >= 11 is 1.63. The van der Waals surface area contributed by atoms with Crippen LogP contribution in [0.25, 0.3) is 0 Å². The van der Waals surface area contributed by atoms with Crippen LogP contribution >= 0.6 is 11.8 Å². The van der Waals surface area contributed by atoms with E-state index in [4.69, 9.17) is 4.74 Å². The van der Waals surface area contributed by atoms with Crippen LogP contribution in [-0.4, -0.2) is 36.2 Å². The fourth-order valence-electron chi connectivity index (χ4n) is 4.29. The van der Waals surface area contributed by atoms with Crippen LogP contribution in [0.2, 0.25) is 0 Å². The van der Waals surface area contributed by atoms with Gasteiger partial charge in [-0.1, -0.05) is 74.5 Å². The molecular formula is C28H30N2O3S. The Hall–Kier alpha value is -3.25. The van der Waals surface area contributed by atoms with E-state index in [1.807, 2.05) is 60.7 Å². The maximum Gasteiger partial charge on any atom is 0.331 e. The van der Waals surface area contributed by atoms with Crippen molar-refractivity contribution >= 4 is 29.4 Å². The Balaban J connectivity index is 1.74. The number of thioether (sulfide) groups is 1. The summed E-state index contributed by atoms with van der Waals surface area (Å²) in [6.07, 6.45) is 0. The predicted octanol–water partition coefficient (Wildman–Crippen LogP) is 5.95. The molecule has 5 nitrogen and oxygen atoms in total. The third-order valence-corrected chi connectivity index (χ3v) is 8.03. The summed E-state index contributed by atoms with van der Waals surface area (Å²) in [4.78, 5) is 31.1. The zero-order chi connectivity index (χ0) is 24.3. The topological polar surface area (TPSA) is 49.9 Å². The van der Waals surface area contributed by atoms with Crippen LogP contribution in [0.5, 0.6) is 5.75 Å². The molecule has 176 valence electrons. The highest BCUT2D eigenvalue weighted by Crippen LogP contribution is 2.65. The Morgan fingerprint density at radius 2 is 1.53 bits per heavy atom. The highest BCUT2D eigenvalue weighted by Gasteiger charge is 2.65. The average Bonchev–Trinajstić information content (AvgIpc) is 3.63. The molecule has 0 radical (unpaired) electrons. The number of rotatable bonds is 7. The summed E-state index contributed by atoms with van der Waals surface area (Å²) in [5, 5.41) is 0.0929. The van der Waals surface area contributed by atoms with E-state index in [1.54, 1.807) is 55.1 Å². The number of methoxy groups -OCH3 is 1. The molecule has 0 aliphatic carbocycles. The first-order valence-electron chi connectivity index (χ1n) is 11.4. The summed E-state index contributed by atoms with van der Waals surface area (Å²) < 4.78 is 4.50. The molecule has 1 aliphatic heterocycles. The summed E-state index contributed by atoms with van der Waals surface area (Å²) in [7, 11) is 3.32. The summed E-state index contributed by atoms with van der Waals surface area (Å²) in [6.45, 7) is 4.64. The molecule has 0 aromatic heterocycles. The lowest BCUT2D eigenvalue weighted by Gasteiger charge is -2.30. The van der Waals surface area contributed by atoms with Crippen molar-refractivity contribution in [1.82, 2.24) is 4.90 Å². The number of amides is 3. The summed E-state index contributed by atoms with van der Waals surface area (Å²) in [6, 6.07) is 26.3. The van der Waals surface area contributed by atoms with Crippen LogP contribution in [-0.2, 0) is 16.1 Å². The number of hydrogen-bond acceptors (Lipinski definition) is 4. The third kappa shape index (κ3) is 4.55. The zero-order valence-corrected chi connectivity index (χ0v) is 20.8. The minimum Gasteiger partial charge on any atom is -0.497 e. The number of anilines is 1. The van der Waals surface area contributed by atoms with Gasteiger partial charge in [0.2, 0.25) is 0 Å². The first kappa shape index (κ1) is 23.9. The molecule has 1 aliphatic rings. The molecular weight excluding hydrogens is 444 g/mol. The standard InChI is InChI=1S/C28H30N2O3S/c1-20(2)25-28(34-25,22-13-9-6-10-14-22)26(31)30(23-15-17-24(33-4)18-16-23)27(32)29(3)19-21-11-7-5-8-12-21/h5-18,20,25H,19H2,1-4H3/t25-,28+/m0/s1. The monoisotopic (exact) mass is 474 g/mol. The van der Waals surface area contributed by atoms with Crippen molar-refractivity contribution in [2.45, 2.75) is 30.4 Å². The highest BCUT2D eigenvalue weighted by atomic mass is 32.2. The number of urea groups is 1. The highest BCUT2D eigenvalue weighted by molar-refractivity contribution is 8.09. The second-order valence-electron chi connectivity index (χ2n) is 8.85. The number of carbonyl (C=O) groups excluding carboxylic acids is 2. The zero-order valence-electron chi connectivity index (χ0n) is 20.0. The second-order valence-corrected chi connectivity index (χ2v) is 10.2. The number of carbonyl (C=O) groups is 2. The van der Waals surface area contributed by atoms with Crippen molar-refractivity contribution in [3.8, 4) is 5.75 Å². The van der Waals surface area contributed by atoms with Gasteiger partial charge in [-0.25, -0.2) is 9.69 Å². The van der Waals surface area contributed by atoms with Crippen molar-refractivity contribution < 1.29 is 14.3 Å². The van der Waals surface area contributed by atoms with Gasteiger partial charge in [-0.2, -0.15) is 0 Å². The molecule has 3 aromatic carbocycles. The molecule has 2 atom stereocenters. The molecule has 3 aromatic rings. The summed E-state index contributed by atoms with van der Waals surface area (Å²) in [5.41, 5.74) is 2.46. The number of hydrogen-bond donors (Lipinski definition) is 0. The first-order chi connectivity index (χ1) is 16.4. The maximum absolute atomic E-state index is 14.3. The van der Waals surface area contributed by atoms with Gasteiger partial charge in [0, 0.05) is 18.8 Å². The van der Waals surface area contributed by atoms with Crippen LogP contribution in [0, 0.1) is 5.92 Å². The van der Waals surface area contributed by atoms with Crippen LogP contribution < -0.4 is 9.64 Å². The van der Waals surface area contributed by atoms with Crippen molar-refractivity contribution in [3.05, 3.63) is 96.1 Å². The van der Waals surface area contributed by atoms with Gasteiger partial charge in [-0.3, -0.25) is 4.79 Å². The Bertz CT molecular complexity index is 1140. The van der Waals surface area contributed by atoms with Gasteiger partial charge in [0.05, 0.1) is 12.8 Å². The third-order valence-electron chi connectivity index (χ3n) is 6.10. The largest absolute Gasteiger partial charge is 0.497 e.